The second-order valence-corrected chi connectivity index (χ2v) is 6.17. The summed E-state index contributed by atoms with van der Waals surface area (Å²) in [4.78, 5) is 0. The van der Waals surface area contributed by atoms with Crippen molar-refractivity contribution in [2.24, 2.45) is 0 Å². The van der Waals surface area contributed by atoms with Gasteiger partial charge in [0, 0.05) is 13.2 Å². The van der Waals surface area contributed by atoms with E-state index in [0.29, 0.717) is 13.0 Å². The Kier molecular flexibility index (Phi) is 6.40. The van der Waals surface area contributed by atoms with Crippen molar-refractivity contribution in [1.82, 2.24) is 5.32 Å². The van der Waals surface area contributed by atoms with Gasteiger partial charge in [-0.05, 0) is 31.0 Å². The van der Waals surface area contributed by atoms with Crippen LogP contribution in [0.5, 0.6) is 0 Å². The molecule has 0 aliphatic heterocycles. The molecule has 3 nitrogen and oxygen atoms in total. The monoisotopic (exact) mass is 311 g/mol. The molecule has 0 aliphatic rings. The van der Waals surface area contributed by atoms with Crippen molar-refractivity contribution < 1.29 is 9.84 Å². The van der Waals surface area contributed by atoms with Crippen LogP contribution in [0.15, 0.2) is 54.6 Å². The molecule has 0 saturated carbocycles. The van der Waals surface area contributed by atoms with Gasteiger partial charge in [0.25, 0.3) is 0 Å². The number of aliphatic hydroxyl groups is 1. The normalized spacial score (nSPS) is 15.1. The van der Waals surface area contributed by atoms with E-state index < -0.39 is 5.60 Å². The first kappa shape index (κ1) is 17.7. The molecule has 0 amide bonds. The lowest BCUT2D eigenvalue weighted by molar-refractivity contribution is -0.0419. The number of benzene rings is 2. The van der Waals surface area contributed by atoms with E-state index in [2.05, 4.69) is 44.4 Å². The maximum atomic E-state index is 10.9. The van der Waals surface area contributed by atoms with E-state index in [1.807, 2.05) is 30.3 Å². The highest BCUT2D eigenvalue weighted by Gasteiger charge is 2.28. The number of rotatable bonds is 8. The largest absolute Gasteiger partial charge is 0.383 e. The molecule has 23 heavy (non-hydrogen) atoms. The predicted molar refractivity (Wildman–Crippen MR) is 97.9 cm³/mol. The zero-order valence-corrected chi connectivity index (χ0v) is 14.3. The quantitative estimate of drug-likeness (QED) is 0.726. The van der Waals surface area contributed by atoms with Gasteiger partial charge >= 0.3 is 0 Å². The number of hydrogen-bond donors (Lipinski definition) is 2. The molecule has 2 aromatic rings. The van der Waals surface area contributed by atoms with Crippen molar-refractivity contribution >= 4 is 13.3 Å². The maximum absolute atomic E-state index is 10.9. The number of hydrogen-bond acceptors (Lipinski definition) is 3. The van der Waals surface area contributed by atoms with Gasteiger partial charge in [-0.2, -0.15) is 0 Å². The third-order valence-corrected chi connectivity index (χ3v) is 4.26. The second kappa shape index (κ2) is 8.30. The van der Waals surface area contributed by atoms with Gasteiger partial charge in [-0.25, -0.2) is 0 Å². The summed E-state index contributed by atoms with van der Waals surface area (Å²) in [7, 11) is 3.71. The predicted octanol–water partition coefficient (Wildman–Crippen LogP) is 1.52. The first-order valence-electron chi connectivity index (χ1n) is 8.12. The summed E-state index contributed by atoms with van der Waals surface area (Å²) in [6.45, 7) is 3.14. The molecule has 4 heteroatoms. The molecule has 0 aromatic heterocycles. The van der Waals surface area contributed by atoms with E-state index in [0.717, 1.165) is 5.56 Å². The smallest absolute Gasteiger partial charge is 0.139 e. The number of methoxy groups -OCH3 is 1. The lowest BCUT2D eigenvalue weighted by Crippen LogP contribution is -2.35. The zero-order chi connectivity index (χ0) is 16.7. The molecule has 1 unspecified atom stereocenters. The van der Waals surface area contributed by atoms with Crippen LogP contribution < -0.4 is 10.8 Å². The van der Waals surface area contributed by atoms with Crippen molar-refractivity contribution in [1.29, 1.82) is 0 Å². The molecule has 0 bridgehead atoms. The molecular weight excluding hydrogens is 285 g/mol. The number of nitrogens with one attached hydrogen (secondary N) is 1. The summed E-state index contributed by atoms with van der Waals surface area (Å²) >= 11 is 0. The minimum absolute atomic E-state index is 0.248. The Bertz CT molecular complexity index is 588. The van der Waals surface area contributed by atoms with Gasteiger partial charge in [0.1, 0.15) is 13.4 Å². The molecule has 0 radical (unpaired) electrons. The van der Waals surface area contributed by atoms with Gasteiger partial charge < -0.3 is 15.2 Å². The van der Waals surface area contributed by atoms with Crippen molar-refractivity contribution in [2.45, 2.75) is 25.0 Å². The van der Waals surface area contributed by atoms with E-state index in [-0.39, 0.29) is 12.6 Å². The topological polar surface area (TPSA) is 41.5 Å². The second-order valence-electron chi connectivity index (χ2n) is 6.17. The van der Waals surface area contributed by atoms with Crippen molar-refractivity contribution in [3.63, 3.8) is 0 Å². The Balaban J connectivity index is 1.95. The molecule has 2 rings (SSSR count). The fourth-order valence-electron chi connectivity index (χ4n) is 2.76. The average molecular weight is 311 g/mol. The summed E-state index contributed by atoms with van der Waals surface area (Å²) in [5, 5.41) is 14.4. The molecule has 122 valence electrons. The Morgan fingerprint density at radius 2 is 1.78 bits per heavy atom. The molecule has 2 aromatic carbocycles. The summed E-state index contributed by atoms with van der Waals surface area (Å²) in [6.07, 6.45) is 0.598. The Morgan fingerprint density at radius 3 is 2.39 bits per heavy atom. The lowest BCUT2D eigenvalue weighted by Gasteiger charge is -2.29. The fourth-order valence-corrected chi connectivity index (χ4v) is 2.76. The maximum Gasteiger partial charge on any atom is 0.139 e. The van der Waals surface area contributed by atoms with E-state index in [9.17, 15) is 5.11 Å². The van der Waals surface area contributed by atoms with Gasteiger partial charge in [0.2, 0.25) is 0 Å². The van der Waals surface area contributed by atoms with Crippen molar-refractivity contribution in [2.75, 3.05) is 20.3 Å². The minimum Gasteiger partial charge on any atom is -0.383 e. The summed E-state index contributed by atoms with van der Waals surface area (Å²) in [6, 6.07) is 18.5. The molecule has 2 N–H and O–H groups in total. The first-order valence-corrected chi connectivity index (χ1v) is 8.12. The van der Waals surface area contributed by atoms with Crippen LogP contribution in [0.3, 0.4) is 0 Å². The van der Waals surface area contributed by atoms with Gasteiger partial charge in [0.05, 0.1) is 6.61 Å². The number of ether oxygens (including phenoxy) is 1. The SMILES string of the molecule is Bc1ccc([C@H](C)NCCC(O)(COC)c2ccccc2)cc1. The molecule has 0 aliphatic carbocycles. The molecule has 0 heterocycles. The third kappa shape index (κ3) is 4.93. The molecule has 0 fully saturated rings. The van der Waals surface area contributed by atoms with Crippen molar-refractivity contribution in [3.8, 4) is 0 Å². The fraction of sp³-hybridized carbons (Fsp3) is 0.368. The molecule has 0 spiro atoms. The van der Waals surface area contributed by atoms with Crippen LogP contribution in [0.1, 0.15) is 30.5 Å². The summed E-state index contributed by atoms with van der Waals surface area (Å²) in [5.41, 5.74) is 2.45. The molecule has 0 saturated heterocycles. The van der Waals surface area contributed by atoms with Gasteiger partial charge in [-0.15, -0.1) is 0 Å². The van der Waals surface area contributed by atoms with E-state index in [1.165, 1.54) is 11.0 Å². The summed E-state index contributed by atoms with van der Waals surface area (Å²) in [5.74, 6) is 0. The summed E-state index contributed by atoms with van der Waals surface area (Å²) < 4.78 is 5.24. The highest BCUT2D eigenvalue weighted by Crippen LogP contribution is 2.25. The van der Waals surface area contributed by atoms with Crippen LogP contribution in [0, 0.1) is 0 Å². The Labute approximate surface area is 140 Å². The zero-order valence-electron chi connectivity index (χ0n) is 14.3. The molecule has 2 atom stereocenters. The van der Waals surface area contributed by atoms with Crippen LogP contribution >= 0.6 is 0 Å². The van der Waals surface area contributed by atoms with Gasteiger partial charge in [-0.1, -0.05) is 60.1 Å². The highest BCUT2D eigenvalue weighted by atomic mass is 16.5. The van der Waals surface area contributed by atoms with Crippen LogP contribution in [0.2, 0.25) is 0 Å². The Morgan fingerprint density at radius 1 is 1.13 bits per heavy atom. The van der Waals surface area contributed by atoms with Crippen LogP contribution in [0.4, 0.5) is 0 Å². The van der Waals surface area contributed by atoms with E-state index in [1.54, 1.807) is 7.11 Å². The highest BCUT2D eigenvalue weighted by molar-refractivity contribution is 6.32. The van der Waals surface area contributed by atoms with E-state index >= 15 is 0 Å². The minimum atomic E-state index is -0.962. The van der Waals surface area contributed by atoms with Gasteiger partial charge in [-0.3, -0.25) is 0 Å². The van der Waals surface area contributed by atoms with Gasteiger partial charge in [0.15, 0.2) is 0 Å². The standard InChI is InChI=1S/C19H26BNO2/c1-15(16-8-10-18(20)11-9-16)21-13-12-19(22,14-23-2)17-6-4-3-5-7-17/h3-11,15,21-22H,12-14,20H2,1-2H3/t15-,19?/m0/s1. The molecular formula is C19H26BNO2. The Hall–Kier alpha value is -1.62. The van der Waals surface area contributed by atoms with Crippen molar-refractivity contribution in [3.05, 3.63) is 65.7 Å². The van der Waals surface area contributed by atoms with Crippen LogP contribution in [-0.4, -0.2) is 33.2 Å². The van der Waals surface area contributed by atoms with E-state index in [4.69, 9.17) is 4.74 Å². The average Bonchev–Trinajstić information content (AvgIpc) is 2.56. The van der Waals surface area contributed by atoms with Crippen LogP contribution in [-0.2, 0) is 10.3 Å². The van der Waals surface area contributed by atoms with Crippen LogP contribution in [0.25, 0.3) is 0 Å². The third-order valence-electron chi connectivity index (χ3n) is 4.26. The lowest BCUT2D eigenvalue weighted by atomic mass is 9.91. The first-order chi connectivity index (χ1) is 11.0.